The Morgan fingerprint density at radius 1 is 0.939 bits per heavy atom. The lowest BCUT2D eigenvalue weighted by Crippen LogP contribution is -2.09. The van der Waals surface area contributed by atoms with Gasteiger partial charge < -0.3 is 0 Å². The number of terminal acetylenes is 1. The van der Waals surface area contributed by atoms with E-state index in [0.29, 0.717) is 5.84 Å². The molecule has 0 radical (unpaired) electrons. The molecule has 0 aliphatic heterocycles. The molecule has 0 amide bonds. The molecule has 0 atom stereocenters. The van der Waals surface area contributed by atoms with Crippen molar-refractivity contribution in [1.29, 1.82) is 0 Å². The molecule has 0 aliphatic rings. The van der Waals surface area contributed by atoms with Crippen LogP contribution in [-0.4, -0.2) is 18.6 Å². The van der Waals surface area contributed by atoms with Gasteiger partial charge in [0.2, 0.25) is 0 Å². The van der Waals surface area contributed by atoms with Crippen LogP contribution in [0, 0.1) is 12.3 Å². The molecule has 0 heterocycles. The molecule has 0 unspecified atom stereocenters. The Hall–Kier alpha value is -3.70. The number of nitrogens with zero attached hydrogens (tertiary/aromatic N) is 2. The van der Waals surface area contributed by atoms with Gasteiger partial charge in [0.25, 0.3) is 0 Å². The van der Waals surface area contributed by atoms with E-state index in [1.165, 1.54) is 11.1 Å². The highest BCUT2D eigenvalue weighted by atomic mass is 14.9. The second-order valence-electron chi connectivity index (χ2n) is 8.20. The number of aliphatic imine (C=N–C) groups is 2. The van der Waals surface area contributed by atoms with Crippen molar-refractivity contribution >= 4 is 11.5 Å². The summed E-state index contributed by atoms with van der Waals surface area (Å²) in [6, 6.07) is 16.3. The molecule has 0 bridgehead atoms. The fraction of sp³-hybridized carbons (Fsp3) is 0.226. The summed E-state index contributed by atoms with van der Waals surface area (Å²) < 4.78 is 0. The summed E-state index contributed by atoms with van der Waals surface area (Å²) in [7, 11) is 1.77. The molecular weight excluding hydrogens is 400 g/mol. The number of hydrogen-bond donors (Lipinski definition) is 0. The number of allylic oxidation sites excluding steroid dienone is 8. The van der Waals surface area contributed by atoms with E-state index in [1.54, 1.807) is 7.05 Å². The first-order valence-electron chi connectivity index (χ1n) is 11.2. The highest BCUT2D eigenvalue weighted by Crippen LogP contribution is 2.20. The molecule has 168 valence electrons. The van der Waals surface area contributed by atoms with E-state index in [4.69, 9.17) is 11.4 Å². The molecule has 33 heavy (non-hydrogen) atoms. The van der Waals surface area contributed by atoms with Gasteiger partial charge in [-0.3, -0.25) is 4.99 Å². The van der Waals surface area contributed by atoms with E-state index in [-0.39, 0.29) is 0 Å². The fourth-order valence-corrected chi connectivity index (χ4v) is 3.32. The van der Waals surface area contributed by atoms with Crippen molar-refractivity contribution in [3.63, 3.8) is 0 Å². The quantitative estimate of drug-likeness (QED) is 0.186. The lowest BCUT2D eigenvalue weighted by Gasteiger charge is -2.12. The lowest BCUT2D eigenvalue weighted by atomic mass is 9.94. The van der Waals surface area contributed by atoms with Crippen LogP contribution >= 0.6 is 0 Å². The maximum Gasteiger partial charge on any atom is 0.154 e. The zero-order chi connectivity index (χ0) is 24.2. The summed E-state index contributed by atoms with van der Waals surface area (Å²) in [6.45, 7) is 10.4. The third-order valence-corrected chi connectivity index (χ3v) is 5.08. The Kier molecular flexibility index (Phi) is 10.1. The SMILES string of the molecule is C#Cc1cc(C(=NC(=NC)c2ccccc2)/C(C)=C/C=C\C)ccc1C/C(C)=C\C=C(C)C. The van der Waals surface area contributed by atoms with Gasteiger partial charge in [0.05, 0.1) is 5.71 Å². The predicted molar refractivity (Wildman–Crippen MR) is 145 cm³/mol. The molecule has 0 saturated carbocycles. The van der Waals surface area contributed by atoms with Crippen molar-refractivity contribution in [2.75, 3.05) is 7.05 Å². The van der Waals surface area contributed by atoms with Gasteiger partial charge in [0, 0.05) is 23.7 Å². The molecule has 0 fully saturated rings. The zero-order valence-electron chi connectivity index (χ0n) is 20.7. The minimum absolute atomic E-state index is 0.686. The van der Waals surface area contributed by atoms with Gasteiger partial charge in [-0.05, 0) is 58.2 Å². The topological polar surface area (TPSA) is 24.7 Å². The van der Waals surface area contributed by atoms with E-state index >= 15 is 0 Å². The van der Waals surface area contributed by atoms with E-state index < -0.39 is 0 Å². The average molecular weight is 435 g/mol. The van der Waals surface area contributed by atoms with Crippen molar-refractivity contribution in [2.24, 2.45) is 9.98 Å². The number of benzene rings is 2. The van der Waals surface area contributed by atoms with Gasteiger partial charge in [-0.1, -0.05) is 89.9 Å². The normalized spacial score (nSPS) is 13.2. The van der Waals surface area contributed by atoms with Crippen molar-refractivity contribution < 1.29 is 0 Å². The van der Waals surface area contributed by atoms with E-state index in [1.807, 2.05) is 49.4 Å². The molecule has 0 aliphatic carbocycles. The molecule has 2 heteroatoms. The third kappa shape index (κ3) is 7.74. The lowest BCUT2D eigenvalue weighted by molar-refractivity contribution is 1.13. The van der Waals surface area contributed by atoms with Crippen molar-refractivity contribution in [2.45, 2.75) is 41.0 Å². The molecule has 2 aromatic carbocycles. The van der Waals surface area contributed by atoms with Gasteiger partial charge in [-0.2, -0.15) is 0 Å². The van der Waals surface area contributed by atoms with Crippen LogP contribution in [0.5, 0.6) is 0 Å². The highest BCUT2D eigenvalue weighted by molar-refractivity contribution is 6.19. The van der Waals surface area contributed by atoms with Gasteiger partial charge in [-0.15, -0.1) is 6.42 Å². The van der Waals surface area contributed by atoms with Gasteiger partial charge in [0.1, 0.15) is 0 Å². The molecule has 2 aromatic rings. The molecule has 0 aromatic heterocycles. The van der Waals surface area contributed by atoms with Crippen molar-refractivity contribution in [3.8, 4) is 12.3 Å². The van der Waals surface area contributed by atoms with E-state index in [9.17, 15) is 0 Å². The standard InChI is InChI=1S/C31H34N2/c1-8-10-14-25(6)30(33-31(32-7)27-15-12-11-13-16-27)29-20-19-28(26(9-2)22-29)21-24(5)18-17-23(3)4/h2,8,10-20,22H,21H2,1,3-7H3/b10-8-,24-18-,25-14+,32-31?,33-30?. The molecular formula is C31H34N2. The summed E-state index contributed by atoms with van der Waals surface area (Å²) in [6.07, 6.45) is 17.1. The second kappa shape index (κ2) is 13.0. The molecule has 0 saturated heterocycles. The zero-order valence-corrected chi connectivity index (χ0v) is 20.7. The third-order valence-electron chi connectivity index (χ3n) is 5.08. The van der Waals surface area contributed by atoms with Crippen LogP contribution in [0.1, 0.15) is 56.9 Å². The van der Waals surface area contributed by atoms with E-state index in [2.05, 4.69) is 75.0 Å². The first-order chi connectivity index (χ1) is 15.9. The maximum atomic E-state index is 5.92. The Bertz CT molecular complexity index is 1170. The summed E-state index contributed by atoms with van der Waals surface area (Å²) in [5.74, 6) is 3.57. The van der Waals surface area contributed by atoms with Gasteiger partial charge in [0.15, 0.2) is 5.84 Å². The summed E-state index contributed by atoms with van der Waals surface area (Å²) in [5.41, 5.74) is 8.43. The number of hydrogen-bond acceptors (Lipinski definition) is 1. The largest absolute Gasteiger partial charge is 0.270 e. The molecule has 2 rings (SSSR count). The Labute approximate surface area is 199 Å². The fourth-order valence-electron chi connectivity index (χ4n) is 3.32. The minimum Gasteiger partial charge on any atom is -0.270 e. The summed E-state index contributed by atoms with van der Waals surface area (Å²) in [5, 5.41) is 0. The minimum atomic E-state index is 0.686. The second-order valence-corrected chi connectivity index (χ2v) is 8.20. The smallest absolute Gasteiger partial charge is 0.154 e. The van der Waals surface area contributed by atoms with Gasteiger partial charge >= 0.3 is 0 Å². The Morgan fingerprint density at radius 2 is 1.67 bits per heavy atom. The average Bonchev–Trinajstić information content (AvgIpc) is 2.83. The van der Waals surface area contributed by atoms with Crippen LogP contribution in [0.2, 0.25) is 0 Å². The van der Waals surface area contributed by atoms with Crippen molar-refractivity contribution in [3.05, 3.63) is 118 Å². The number of amidine groups is 1. The van der Waals surface area contributed by atoms with Crippen LogP contribution < -0.4 is 0 Å². The number of rotatable bonds is 7. The monoisotopic (exact) mass is 434 g/mol. The summed E-state index contributed by atoms with van der Waals surface area (Å²) >= 11 is 0. The van der Waals surface area contributed by atoms with E-state index in [0.717, 1.165) is 40.0 Å². The first-order valence-corrected chi connectivity index (χ1v) is 11.2. The molecule has 2 nitrogen and oxygen atoms in total. The molecule has 0 N–H and O–H groups in total. The van der Waals surface area contributed by atoms with Crippen LogP contribution in [0.15, 0.2) is 106 Å². The maximum absolute atomic E-state index is 5.92. The first kappa shape index (κ1) is 25.6. The predicted octanol–water partition coefficient (Wildman–Crippen LogP) is 7.51. The summed E-state index contributed by atoms with van der Waals surface area (Å²) in [4.78, 5) is 9.43. The molecule has 0 spiro atoms. The van der Waals surface area contributed by atoms with Crippen LogP contribution in [-0.2, 0) is 6.42 Å². The van der Waals surface area contributed by atoms with Crippen LogP contribution in [0.4, 0.5) is 0 Å². The van der Waals surface area contributed by atoms with Gasteiger partial charge in [-0.25, -0.2) is 4.99 Å². The Balaban J connectivity index is 2.57. The Morgan fingerprint density at radius 3 is 2.27 bits per heavy atom. The van der Waals surface area contributed by atoms with Crippen molar-refractivity contribution in [1.82, 2.24) is 0 Å². The van der Waals surface area contributed by atoms with Crippen LogP contribution in [0.3, 0.4) is 0 Å². The highest BCUT2D eigenvalue weighted by Gasteiger charge is 2.12. The van der Waals surface area contributed by atoms with Crippen LogP contribution in [0.25, 0.3) is 0 Å².